The van der Waals surface area contributed by atoms with Crippen LogP contribution in [0, 0.1) is 0 Å². The number of benzene rings is 1. The number of hydrogen-bond acceptors (Lipinski definition) is 2. The van der Waals surface area contributed by atoms with Gasteiger partial charge in [0.25, 0.3) is 0 Å². The Morgan fingerprint density at radius 1 is 1.31 bits per heavy atom. The van der Waals surface area contributed by atoms with Gasteiger partial charge in [-0.2, -0.15) is 0 Å². The van der Waals surface area contributed by atoms with Gasteiger partial charge in [0.2, 0.25) is 0 Å². The predicted octanol–water partition coefficient (Wildman–Crippen LogP) is 2.62. The van der Waals surface area contributed by atoms with Crippen LogP contribution in [0.25, 0.3) is 10.9 Å². The van der Waals surface area contributed by atoms with Crippen molar-refractivity contribution in [3.05, 3.63) is 36.0 Å². The summed E-state index contributed by atoms with van der Waals surface area (Å²) in [6.07, 6.45) is 1.88. The lowest BCUT2D eigenvalue weighted by molar-refractivity contribution is -0.146. The number of fused-ring (bicyclic) bond motifs is 1. The van der Waals surface area contributed by atoms with Gasteiger partial charge in [-0.3, -0.25) is 4.79 Å². The van der Waals surface area contributed by atoms with E-state index in [4.69, 9.17) is 4.74 Å². The highest BCUT2D eigenvalue weighted by molar-refractivity contribution is 5.92. The van der Waals surface area contributed by atoms with Crippen LogP contribution in [0.1, 0.15) is 19.4 Å². The van der Waals surface area contributed by atoms with Gasteiger partial charge in [-0.05, 0) is 25.5 Å². The molecule has 0 aliphatic heterocycles. The summed E-state index contributed by atoms with van der Waals surface area (Å²) in [6.45, 7) is 3.74. The van der Waals surface area contributed by atoms with E-state index in [2.05, 4.69) is 4.98 Å². The summed E-state index contributed by atoms with van der Waals surface area (Å²) in [7, 11) is 1.42. The van der Waals surface area contributed by atoms with Crippen molar-refractivity contribution in [3.63, 3.8) is 0 Å². The average molecular weight is 217 g/mol. The van der Waals surface area contributed by atoms with Crippen molar-refractivity contribution < 1.29 is 9.53 Å². The van der Waals surface area contributed by atoms with E-state index in [0.29, 0.717) is 0 Å². The Bertz CT molecular complexity index is 525. The molecule has 2 rings (SSSR count). The second-order valence-electron chi connectivity index (χ2n) is 4.36. The molecule has 0 fully saturated rings. The molecule has 3 heteroatoms. The third-order valence-corrected chi connectivity index (χ3v) is 2.96. The maximum absolute atomic E-state index is 11.7. The Kier molecular flexibility index (Phi) is 2.46. The maximum atomic E-state index is 11.7. The normalized spacial score (nSPS) is 11.7. The third kappa shape index (κ3) is 1.48. The summed E-state index contributed by atoms with van der Waals surface area (Å²) < 4.78 is 4.83. The maximum Gasteiger partial charge on any atom is 0.315 e. The zero-order valence-corrected chi connectivity index (χ0v) is 9.70. The zero-order chi connectivity index (χ0) is 11.8. The molecule has 3 nitrogen and oxygen atoms in total. The number of hydrogen-bond donors (Lipinski definition) is 1. The van der Waals surface area contributed by atoms with Crippen LogP contribution in [-0.2, 0) is 14.9 Å². The van der Waals surface area contributed by atoms with E-state index in [1.54, 1.807) is 0 Å². The lowest BCUT2D eigenvalue weighted by Crippen LogP contribution is -2.29. The minimum absolute atomic E-state index is 0.225. The summed E-state index contributed by atoms with van der Waals surface area (Å²) >= 11 is 0. The Morgan fingerprint density at radius 3 is 2.69 bits per heavy atom. The van der Waals surface area contributed by atoms with E-state index < -0.39 is 5.41 Å². The number of para-hydroxylation sites is 1. The standard InChI is InChI=1S/C13H15NO2/c1-13(2,12(15)16-3)10-8-14-11-7-5-4-6-9(10)11/h4-8,14H,1-3H3. The lowest BCUT2D eigenvalue weighted by Gasteiger charge is -2.20. The number of ether oxygens (including phenoxy) is 1. The molecule has 0 bridgehead atoms. The zero-order valence-electron chi connectivity index (χ0n) is 9.70. The molecular weight excluding hydrogens is 202 g/mol. The predicted molar refractivity (Wildman–Crippen MR) is 63.3 cm³/mol. The molecule has 0 aliphatic rings. The summed E-state index contributed by atoms with van der Waals surface area (Å²) in [5.74, 6) is -0.225. The molecule has 0 aliphatic carbocycles. The first-order chi connectivity index (χ1) is 7.57. The molecule has 0 atom stereocenters. The first-order valence-corrected chi connectivity index (χ1v) is 5.22. The minimum Gasteiger partial charge on any atom is -0.468 e. The molecule has 1 aromatic carbocycles. The van der Waals surface area contributed by atoms with Crippen LogP contribution in [0.2, 0.25) is 0 Å². The first-order valence-electron chi connectivity index (χ1n) is 5.22. The van der Waals surface area contributed by atoms with Gasteiger partial charge in [-0.15, -0.1) is 0 Å². The van der Waals surface area contributed by atoms with Gasteiger partial charge < -0.3 is 9.72 Å². The Morgan fingerprint density at radius 2 is 2.00 bits per heavy atom. The third-order valence-electron chi connectivity index (χ3n) is 2.96. The largest absolute Gasteiger partial charge is 0.468 e. The number of methoxy groups -OCH3 is 1. The van der Waals surface area contributed by atoms with Crippen LogP contribution in [0.15, 0.2) is 30.5 Å². The molecule has 0 radical (unpaired) electrons. The SMILES string of the molecule is COC(=O)C(C)(C)c1c[nH]c2ccccc12. The summed E-state index contributed by atoms with van der Waals surface area (Å²) in [5.41, 5.74) is 1.37. The number of aromatic nitrogens is 1. The van der Waals surface area contributed by atoms with Gasteiger partial charge in [0.1, 0.15) is 0 Å². The number of nitrogens with one attached hydrogen (secondary N) is 1. The number of H-pyrrole nitrogens is 1. The molecule has 84 valence electrons. The molecular formula is C13H15NO2. The van der Waals surface area contributed by atoms with Crippen molar-refractivity contribution in [2.45, 2.75) is 19.3 Å². The van der Waals surface area contributed by atoms with Crippen molar-refractivity contribution >= 4 is 16.9 Å². The molecule has 0 spiro atoms. The number of carbonyl (C=O) groups excluding carboxylic acids is 1. The van der Waals surface area contributed by atoms with Crippen LogP contribution in [0.5, 0.6) is 0 Å². The van der Waals surface area contributed by atoms with Crippen LogP contribution in [0.3, 0.4) is 0 Å². The highest BCUT2D eigenvalue weighted by atomic mass is 16.5. The van der Waals surface area contributed by atoms with Crippen LogP contribution < -0.4 is 0 Å². The van der Waals surface area contributed by atoms with Crippen molar-refractivity contribution in [2.24, 2.45) is 0 Å². The first kappa shape index (κ1) is 10.7. The Hall–Kier alpha value is -1.77. The van der Waals surface area contributed by atoms with E-state index in [9.17, 15) is 4.79 Å². The Balaban J connectivity index is 2.59. The quantitative estimate of drug-likeness (QED) is 0.786. The van der Waals surface area contributed by atoms with Crippen molar-refractivity contribution in [1.29, 1.82) is 0 Å². The molecule has 1 aromatic heterocycles. The van der Waals surface area contributed by atoms with E-state index in [0.717, 1.165) is 16.5 Å². The molecule has 16 heavy (non-hydrogen) atoms. The van der Waals surface area contributed by atoms with Crippen LogP contribution >= 0.6 is 0 Å². The second kappa shape index (κ2) is 3.67. The van der Waals surface area contributed by atoms with E-state index in [1.165, 1.54) is 7.11 Å². The van der Waals surface area contributed by atoms with E-state index in [1.807, 2.05) is 44.3 Å². The number of carbonyl (C=O) groups is 1. The minimum atomic E-state index is -0.631. The van der Waals surface area contributed by atoms with E-state index >= 15 is 0 Å². The molecule has 0 saturated carbocycles. The van der Waals surface area contributed by atoms with Gasteiger partial charge in [-0.25, -0.2) is 0 Å². The van der Waals surface area contributed by atoms with Gasteiger partial charge in [-0.1, -0.05) is 18.2 Å². The fraction of sp³-hybridized carbons (Fsp3) is 0.308. The van der Waals surface area contributed by atoms with Gasteiger partial charge in [0.05, 0.1) is 12.5 Å². The molecule has 0 unspecified atom stereocenters. The fourth-order valence-electron chi connectivity index (χ4n) is 1.95. The Labute approximate surface area is 94.4 Å². The summed E-state index contributed by atoms with van der Waals surface area (Å²) in [6, 6.07) is 7.93. The van der Waals surface area contributed by atoms with E-state index in [-0.39, 0.29) is 5.97 Å². The fourth-order valence-corrected chi connectivity index (χ4v) is 1.95. The summed E-state index contributed by atoms with van der Waals surface area (Å²) in [5, 5.41) is 1.07. The van der Waals surface area contributed by atoms with Crippen LogP contribution in [-0.4, -0.2) is 18.1 Å². The summed E-state index contributed by atoms with van der Waals surface area (Å²) in [4.78, 5) is 14.9. The average Bonchev–Trinajstić information content (AvgIpc) is 2.72. The number of rotatable bonds is 2. The monoisotopic (exact) mass is 217 g/mol. The van der Waals surface area contributed by atoms with Crippen molar-refractivity contribution in [3.8, 4) is 0 Å². The van der Waals surface area contributed by atoms with Crippen molar-refractivity contribution in [2.75, 3.05) is 7.11 Å². The van der Waals surface area contributed by atoms with Crippen molar-refractivity contribution in [1.82, 2.24) is 4.98 Å². The highest BCUT2D eigenvalue weighted by Crippen LogP contribution is 2.31. The van der Waals surface area contributed by atoms with Crippen LogP contribution in [0.4, 0.5) is 0 Å². The molecule has 0 amide bonds. The number of esters is 1. The second-order valence-corrected chi connectivity index (χ2v) is 4.36. The van der Waals surface area contributed by atoms with Gasteiger partial charge in [0, 0.05) is 17.1 Å². The van der Waals surface area contributed by atoms with Gasteiger partial charge in [0.15, 0.2) is 0 Å². The smallest absolute Gasteiger partial charge is 0.315 e. The lowest BCUT2D eigenvalue weighted by atomic mass is 9.84. The number of aromatic amines is 1. The van der Waals surface area contributed by atoms with Gasteiger partial charge >= 0.3 is 5.97 Å². The highest BCUT2D eigenvalue weighted by Gasteiger charge is 2.32. The molecule has 2 aromatic rings. The molecule has 1 heterocycles. The molecule has 1 N–H and O–H groups in total. The topological polar surface area (TPSA) is 42.1 Å². The molecule has 0 saturated heterocycles.